The standard InChI is InChI=1S/C11H20F3N3O2S/c12-11(13,14)10-5-4-9(8-15-10)16-20(18,19)17-6-2-1-3-7-17/h9-10,15-16H,1-8H2. The number of hydrogen-bond donors (Lipinski definition) is 2. The molecule has 2 N–H and O–H groups in total. The molecule has 9 heteroatoms. The molecule has 0 aromatic rings. The number of nitrogens with one attached hydrogen (secondary N) is 2. The Hall–Kier alpha value is -0.380. The number of rotatable bonds is 3. The van der Waals surface area contributed by atoms with Crippen molar-refractivity contribution >= 4 is 10.2 Å². The molecule has 20 heavy (non-hydrogen) atoms. The summed E-state index contributed by atoms with van der Waals surface area (Å²) in [7, 11) is -3.57. The molecule has 2 unspecified atom stereocenters. The van der Waals surface area contributed by atoms with Crippen LogP contribution in [0.1, 0.15) is 32.1 Å². The van der Waals surface area contributed by atoms with Crippen LogP contribution < -0.4 is 10.0 Å². The highest BCUT2D eigenvalue weighted by Gasteiger charge is 2.42. The Morgan fingerprint density at radius 1 is 1.10 bits per heavy atom. The fourth-order valence-corrected chi connectivity index (χ4v) is 4.14. The quantitative estimate of drug-likeness (QED) is 0.816. The van der Waals surface area contributed by atoms with Crippen LogP contribution >= 0.6 is 0 Å². The van der Waals surface area contributed by atoms with Gasteiger partial charge in [-0.3, -0.25) is 0 Å². The molecule has 5 nitrogen and oxygen atoms in total. The van der Waals surface area contributed by atoms with Gasteiger partial charge in [0.15, 0.2) is 0 Å². The van der Waals surface area contributed by atoms with E-state index in [4.69, 9.17) is 0 Å². The van der Waals surface area contributed by atoms with Crippen molar-refractivity contribution in [1.82, 2.24) is 14.3 Å². The van der Waals surface area contributed by atoms with E-state index >= 15 is 0 Å². The molecule has 2 aliphatic heterocycles. The zero-order valence-corrected chi connectivity index (χ0v) is 11.9. The van der Waals surface area contributed by atoms with Crippen LogP contribution in [0.4, 0.5) is 13.2 Å². The maximum atomic E-state index is 12.5. The summed E-state index contributed by atoms with van der Waals surface area (Å²) in [6, 6.07) is -2.00. The molecule has 0 saturated carbocycles. The maximum Gasteiger partial charge on any atom is 0.403 e. The van der Waals surface area contributed by atoms with Crippen molar-refractivity contribution in [2.45, 2.75) is 50.4 Å². The van der Waals surface area contributed by atoms with Gasteiger partial charge in [-0.15, -0.1) is 0 Å². The zero-order valence-electron chi connectivity index (χ0n) is 11.1. The fourth-order valence-electron chi connectivity index (χ4n) is 2.63. The molecular weight excluding hydrogens is 295 g/mol. The molecule has 0 aromatic heterocycles. The van der Waals surface area contributed by atoms with Gasteiger partial charge >= 0.3 is 6.18 Å². The van der Waals surface area contributed by atoms with Crippen molar-refractivity contribution in [2.24, 2.45) is 0 Å². The Bertz CT molecular complexity index is 413. The van der Waals surface area contributed by atoms with Crippen molar-refractivity contribution < 1.29 is 21.6 Å². The molecule has 2 rings (SSSR count). The highest BCUT2D eigenvalue weighted by atomic mass is 32.2. The molecular formula is C11H20F3N3O2S. The predicted octanol–water partition coefficient (Wildman–Crippen LogP) is 0.990. The number of halogens is 3. The first kappa shape index (κ1) is 16.0. The topological polar surface area (TPSA) is 61.4 Å². The highest BCUT2D eigenvalue weighted by molar-refractivity contribution is 7.87. The van der Waals surface area contributed by atoms with Crippen LogP contribution in [0.15, 0.2) is 0 Å². The third kappa shape index (κ3) is 4.06. The van der Waals surface area contributed by atoms with E-state index < -0.39 is 28.5 Å². The highest BCUT2D eigenvalue weighted by Crippen LogP contribution is 2.26. The molecule has 2 aliphatic rings. The van der Waals surface area contributed by atoms with E-state index in [-0.39, 0.29) is 19.4 Å². The first-order chi connectivity index (χ1) is 9.29. The summed E-state index contributed by atoms with van der Waals surface area (Å²) in [4.78, 5) is 0. The maximum absolute atomic E-state index is 12.5. The van der Waals surface area contributed by atoms with Gasteiger partial charge in [-0.1, -0.05) is 6.42 Å². The van der Waals surface area contributed by atoms with Crippen LogP contribution in [0.3, 0.4) is 0 Å². The Balaban J connectivity index is 1.85. The molecule has 2 saturated heterocycles. The van der Waals surface area contributed by atoms with E-state index in [0.717, 1.165) is 19.3 Å². The molecule has 2 atom stereocenters. The molecule has 2 fully saturated rings. The Kier molecular flexibility index (Phi) is 4.93. The van der Waals surface area contributed by atoms with Crippen LogP contribution in [-0.2, 0) is 10.2 Å². The van der Waals surface area contributed by atoms with Gasteiger partial charge in [-0.05, 0) is 25.7 Å². The smallest absolute Gasteiger partial charge is 0.305 e. The first-order valence-electron chi connectivity index (χ1n) is 6.86. The second-order valence-electron chi connectivity index (χ2n) is 5.36. The summed E-state index contributed by atoms with van der Waals surface area (Å²) in [6.45, 7) is 0.985. The lowest BCUT2D eigenvalue weighted by Crippen LogP contribution is -2.56. The third-order valence-corrected chi connectivity index (χ3v) is 5.46. The summed E-state index contributed by atoms with van der Waals surface area (Å²) in [6.07, 6.45) is -1.48. The van der Waals surface area contributed by atoms with Crippen LogP contribution in [-0.4, -0.2) is 50.6 Å². The van der Waals surface area contributed by atoms with Crippen LogP contribution in [0, 0.1) is 0 Å². The van der Waals surface area contributed by atoms with E-state index in [1.54, 1.807) is 0 Å². The lowest BCUT2D eigenvalue weighted by atomic mass is 10.0. The number of piperidine rings is 2. The Labute approximate surface area is 117 Å². The monoisotopic (exact) mass is 315 g/mol. The van der Waals surface area contributed by atoms with Gasteiger partial charge in [0, 0.05) is 25.7 Å². The lowest BCUT2D eigenvalue weighted by molar-refractivity contribution is -0.160. The molecule has 118 valence electrons. The summed E-state index contributed by atoms with van der Waals surface area (Å²) in [5, 5.41) is 2.36. The van der Waals surface area contributed by atoms with E-state index in [1.807, 2.05) is 0 Å². The first-order valence-corrected chi connectivity index (χ1v) is 8.30. The third-order valence-electron chi connectivity index (χ3n) is 3.78. The van der Waals surface area contributed by atoms with E-state index in [2.05, 4.69) is 10.0 Å². The SMILES string of the molecule is O=S(=O)(NC1CCC(C(F)(F)F)NC1)N1CCCCC1. The minimum absolute atomic E-state index is 0.0112. The average molecular weight is 315 g/mol. The summed E-state index contributed by atoms with van der Waals surface area (Å²) >= 11 is 0. The van der Waals surface area contributed by atoms with Crippen LogP contribution in [0.5, 0.6) is 0 Å². The average Bonchev–Trinajstić information content (AvgIpc) is 2.39. The predicted molar refractivity (Wildman–Crippen MR) is 68.3 cm³/mol. The van der Waals surface area contributed by atoms with Gasteiger partial charge in [0.05, 0.1) is 0 Å². The van der Waals surface area contributed by atoms with Crippen LogP contribution in [0.25, 0.3) is 0 Å². The van der Waals surface area contributed by atoms with Crippen LogP contribution in [0.2, 0.25) is 0 Å². The molecule has 0 bridgehead atoms. The Morgan fingerprint density at radius 3 is 2.25 bits per heavy atom. The second kappa shape index (κ2) is 6.17. The van der Waals surface area contributed by atoms with E-state index in [0.29, 0.717) is 13.1 Å². The molecule has 0 spiro atoms. The van der Waals surface area contributed by atoms with Gasteiger partial charge in [0.1, 0.15) is 6.04 Å². The number of nitrogens with zero attached hydrogens (tertiary/aromatic N) is 1. The van der Waals surface area contributed by atoms with Gasteiger partial charge in [0.25, 0.3) is 10.2 Å². The fraction of sp³-hybridized carbons (Fsp3) is 1.00. The minimum atomic E-state index is -4.27. The van der Waals surface area contributed by atoms with Gasteiger partial charge < -0.3 is 5.32 Å². The normalized spacial score (nSPS) is 30.4. The molecule has 0 radical (unpaired) electrons. The van der Waals surface area contributed by atoms with E-state index in [1.165, 1.54) is 4.31 Å². The van der Waals surface area contributed by atoms with Crippen molar-refractivity contribution in [3.63, 3.8) is 0 Å². The van der Waals surface area contributed by atoms with Gasteiger partial charge in [-0.2, -0.15) is 30.6 Å². The molecule has 2 heterocycles. The molecule has 0 amide bonds. The van der Waals surface area contributed by atoms with Crippen molar-refractivity contribution in [3.8, 4) is 0 Å². The molecule has 0 aromatic carbocycles. The Morgan fingerprint density at radius 2 is 1.75 bits per heavy atom. The van der Waals surface area contributed by atoms with E-state index in [9.17, 15) is 21.6 Å². The van der Waals surface area contributed by atoms with Gasteiger partial charge in [-0.25, -0.2) is 0 Å². The number of alkyl halides is 3. The van der Waals surface area contributed by atoms with Crippen molar-refractivity contribution in [3.05, 3.63) is 0 Å². The van der Waals surface area contributed by atoms with Gasteiger partial charge in [0.2, 0.25) is 0 Å². The summed E-state index contributed by atoms with van der Waals surface area (Å²) < 4.78 is 65.5. The second-order valence-corrected chi connectivity index (χ2v) is 7.06. The number of hydrogen-bond acceptors (Lipinski definition) is 3. The molecule has 0 aliphatic carbocycles. The largest absolute Gasteiger partial charge is 0.403 e. The zero-order chi connectivity index (χ0) is 14.8. The van der Waals surface area contributed by atoms with Crippen molar-refractivity contribution in [2.75, 3.05) is 19.6 Å². The summed E-state index contributed by atoms with van der Waals surface area (Å²) in [5.41, 5.74) is 0. The lowest BCUT2D eigenvalue weighted by Gasteiger charge is -2.33. The minimum Gasteiger partial charge on any atom is -0.305 e. The van der Waals surface area contributed by atoms with Crippen molar-refractivity contribution in [1.29, 1.82) is 0 Å². The summed E-state index contributed by atoms with van der Waals surface area (Å²) in [5.74, 6) is 0.